The minimum Gasteiger partial charge on any atom is -0.465 e. The van der Waals surface area contributed by atoms with Crippen molar-refractivity contribution in [1.29, 1.82) is 0 Å². The van der Waals surface area contributed by atoms with E-state index in [-0.39, 0.29) is 0 Å². The average Bonchev–Trinajstić information content (AvgIpc) is 2.65. The molecule has 27 heavy (non-hydrogen) atoms. The molecule has 0 spiro atoms. The van der Waals surface area contributed by atoms with Gasteiger partial charge in [0.25, 0.3) is 0 Å². The van der Waals surface area contributed by atoms with E-state index in [1.165, 1.54) is 33.1 Å². The van der Waals surface area contributed by atoms with Crippen LogP contribution in [0.15, 0.2) is 42.5 Å². The molecule has 0 unspecified atom stereocenters. The Morgan fingerprint density at radius 3 is 2.15 bits per heavy atom. The molecule has 7 heteroatoms. The summed E-state index contributed by atoms with van der Waals surface area (Å²) in [6, 6.07) is 11.4. The van der Waals surface area contributed by atoms with Gasteiger partial charge in [0.1, 0.15) is 5.41 Å². The molecular weight excluding hydrogens is 368 g/mol. The highest BCUT2D eigenvalue weighted by molar-refractivity contribution is 6.31. The molecule has 0 aromatic heterocycles. The van der Waals surface area contributed by atoms with Crippen molar-refractivity contribution in [2.75, 3.05) is 17.7 Å². The van der Waals surface area contributed by atoms with Crippen LogP contribution in [0.1, 0.15) is 29.8 Å². The quantitative estimate of drug-likeness (QED) is 0.598. The number of methoxy groups -OCH3 is 1. The Labute approximate surface area is 162 Å². The molecule has 0 radical (unpaired) electrons. The zero-order valence-electron chi connectivity index (χ0n) is 15.6. The summed E-state index contributed by atoms with van der Waals surface area (Å²) in [7, 11) is 1.29. The number of carbonyl (C=O) groups is 3. The van der Waals surface area contributed by atoms with Crippen LogP contribution >= 0.6 is 11.6 Å². The third-order valence-electron chi connectivity index (χ3n) is 4.22. The molecular formula is C20H21ClN2O4. The van der Waals surface area contributed by atoms with E-state index < -0.39 is 23.2 Å². The zero-order valence-corrected chi connectivity index (χ0v) is 16.3. The van der Waals surface area contributed by atoms with Crippen LogP contribution in [0.25, 0.3) is 0 Å². The van der Waals surface area contributed by atoms with Gasteiger partial charge in [-0.3, -0.25) is 9.59 Å². The Bertz CT molecular complexity index is 876. The number of hydrogen-bond donors (Lipinski definition) is 2. The molecule has 2 N–H and O–H groups in total. The minimum atomic E-state index is -1.34. The number of carbonyl (C=O) groups excluding carboxylic acids is 3. The molecule has 142 valence electrons. The van der Waals surface area contributed by atoms with Crippen molar-refractivity contribution in [2.45, 2.75) is 20.8 Å². The summed E-state index contributed by atoms with van der Waals surface area (Å²) < 4.78 is 4.63. The molecule has 2 rings (SSSR count). The molecule has 0 aliphatic carbocycles. The summed E-state index contributed by atoms with van der Waals surface area (Å²) in [5, 5.41) is 5.95. The van der Waals surface area contributed by atoms with Crippen molar-refractivity contribution in [3.63, 3.8) is 0 Å². The average molecular weight is 389 g/mol. The number of hydrogen-bond acceptors (Lipinski definition) is 4. The summed E-state index contributed by atoms with van der Waals surface area (Å²) in [6.07, 6.45) is 0. The van der Waals surface area contributed by atoms with Gasteiger partial charge in [-0.1, -0.05) is 17.7 Å². The topological polar surface area (TPSA) is 84.5 Å². The highest BCUT2D eigenvalue weighted by Crippen LogP contribution is 2.26. The maximum absolute atomic E-state index is 12.6. The van der Waals surface area contributed by atoms with Crippen molar-refractivity contribution in [1.82, 2.24) is 0 Å². The SMILES string of the molecule is COC(=O)c1ccc(NC(=O)C(C)(C)C(=O)Nc2cccc(Cl)c2C)cc1. The maximum Gasteiger partial charge on any atom is 0.337 e. The number of anilines is 2. The van der Waals surface area contributed by atoms with Crippen molar-refractivity contribution in [2.24, 2.45) is 5.41 Å². The highest BCUT2D eigenvalue weighted by atomic mass is 35.5. The lowest BCUT2D eigenvalue weighted by atomic mass is 9.90. The second kappa shape index (κ2) is 8.22. The van der Waals surface area contributed by atoms with Gasteiger partial charge in [0.15, 0.2) is 0 Å². The largest absolute Gasteiger partial charge is 0.465 e. The van der Waals surface area contributed by atoms with Gasteiger partial charge in [-0.25, -0.2) is 4.79 Å². The lowest BCUT2D eigenvalue weighted by Gasteiger charge is -2.23. The van der Waals surface area contributed by atoms with E-state index in [0.29, 0.717) is 22.0 Å². The molecule has 0 heterocycles. The molecule has 0 fully saturated rings. The standard InChI is InChI=1S/C20H21ClN2O4/c1-12-15(21)6-5-7-16(12)23-19(26)20(2,3)18(25)22-14-10-8-13(9-11-14)17(24)27-4/h5-11H,1-4H3,(H,22,25)(H,23,26). The van der Waals surface area contributed by atoms with Gasteiger partial charge >= 0.3 is 5.97 Å². The number of rotatable bonds is 5. The van der Waals surface area contributed by atoms with Crippen LogP contribution in [-0.4, -0.2) is 24.9 Å². The lowest BCUT2D eigenvalue weighted by molar-refractivity contribution is -0.135. The molecule has 0 saturated heterocycles. The van der Waals surface area contributed by atoms with Crippen LogP contribution in [0.5, 0.6) is 0 Å². The first-order valence-corrected chi connectivity index (χ1v) is 8.61. The van der Waals surface area contributed by atoms with E-state index in [1.807, 2.05) is 0 Å². The highest BCUT2D eigenvalue weighted by Gasteiger charge is 2.36. The minimum absolute atomic E-state index is 0.365. The Morgan fingerprint density at radius 1 is 0.963 bits per heavy atom. The first kappa shape index (κ1) is 20.5. The Kier molecular flexibility index (Phi) is 6.23. The van der Waals surface area contributed by atoms with E-state index in [0.717, 1.165) is 5.56 Å². The number of amides is 2. The van der Waals surface area contributed by atoms with Crippen molar-refractivity contribution in [3.05, 3.63) is 58.6 Å². The molecule has 6 nitrogen and oxygen atoms in total. The third-order valence-corrected chi connectivity index (χ3v) is 4.62. The fourth-order valence-electron chi connectivity index (χ4n) is 2.22. The lowest BCUT2D eigenvalue weighted by Crippen LogP contribution is -2.41. The number of nitrogens with one attached hydrogen (secondary N) is 2. The van der Waals surface area contributed by atoms with Gasteiger partial charge in [0, 0.05) is 16.4 Å². The van der Waals surface area contributed by atoms with E-state index in [1.54, 1.807) is 37.3 Å². The van der Waals surface area contributed by atoms with Crippen LogP contribution in [0.3, 0.4) is 0 Å². The normalized spacial score (nSPS) is 10.9. The third kappa shape index (κ3) is 4.65. The Morgan fingerprint density at radius 2 is 1.56 bits per heavy atom. The second-order valence-corrected chi connectivity index (χ2v) is 6.92. The summed E-state index contributed by atoms with van der Waals surface area (Å²) in [6.45, 7) is 4.84. The maximum atomic E-state index is 12.6. The number of benzene rings is 2. The monoisotopic (exact) mass is 388 g/mol. The predicted molar refractivity (Wildman–Crippen MR) is 105 cm³/mol. The van der Waals surface area contributed by atoms with Gasteiger partial charge in [-0.2, -0.15) is 0 Å². The fraction of sp³-hybridized carbons (Fsp3) is 0.250. The predicted octanol–water partition coefficient (Wildman–Crippen LogP) is 4.04. The van der Waals surface area contributed by atoms with E-state index in [4.69, 9.17) is 11.6 Å². The molecule has 0 atom stereocenters. The van der Waals surface area contributed by atoms with Crippen molar-refractivity contribution >= 4 is 40.8 Å². The smallest absolute Gasteiger partial charge is 0.337 e. The van der Waals surface area contributed by atoms with Gasteiger partial charge < -0.3 is 15.4 Å². The first-order valence-electron chi connectivity index (χ1n) is 8.23. The van der Waals surface area contributed by atoms with E-state index in [9.17, 15) is 14.4 Å². The van der Waals surface area contributed by atoms with Crippen molar-refractivity contribution in [3.8, 4) is 0 Å². The fourth-order valence-corrected chi connectivity index (χ4v) is 2.39. The molecule has 0 saturated carbocycles. The summed E-state index contributed by atoms with van der Waals surface area (Å²) in [4.78, 5) is 36.7. The number of ether oxygens (including phenoxy) is 1. The summed E-state index contributed by atoms with van der Waals surface area (Å²) in [5.74, 6) is -1.41. The first-order chi connectivity index (χ1) is 12.7. The van der Waals surface area contributed by atoms with E-state index in [2.05, 4.69) is 15.4 Å². The second-order valence-electron chi connectivity index (χ2n) is 6.51. The molecule has 0 bridgehead atoms. The zero-order chi connectivity index (χ0) is 20.2. The van der Waals surface area contributed by atoms with E-state index >= 15 is 0 Å². The number of esters is 1. The van der Waals surface area contributed by atoms with Crippen LogP contribution in [0, 0.1) is 12.3 Å². The van der Waals surface area contributed by atoms with Gasteiger partial charge in [0.05, 0.1) is 12.7 Å². The molecule has 2 aromatic carbocycles. The van der Waals surface area contributed by atoms with Crippen LogP contribution in [0.2, 0.25) is 5.02 Å². The van der Waals surface area contributed by atoms with Crippen LogP contribution in [-0.2, 0) is 14.3 Å². The Hall–Kier alpha value is -2.86. The van der Waals surface area contributed by atoms with Crippen molar-refractivity contribution < 1.29 is 19.1 Å². The van der Waals surface area contributed by atoms with Gasteiger partial charge in [0.2, 0.25) is 11.8 Å². The Balaban J connectivity index is 2.10. The molecule has 0 aliphatic rings. The van der Waals surface area contributed by atoms with Crippen LogP contribution in [0.4, 0.5) is 11.4 Å². The van der Waals surface area contributed by atoms with Crippen LogP contribution < -0.4 is 10.6 Å². The molecule has 2 amide bonds. The number of halogens is 1. The molecule has 0 aliphatic heterocycles. The van der Waals surface area contributed by atoms with Gasteiger partial charge in [-0.05, 0) is 62.7 Å². The summed E-state index contributed by atoms with van der Waals surface area (Å²) >= 11 is 6.06. The molecule has 2 aromatic rings. The van der Waals surface area contributed by atoms with Gasteiger partial charge in [-0.15, -0.1) is 0 Å². The summed E-state index contributed by atoms with van der Waals surface area (Å²) in [5.41, 5.74) is 0.768.